The zero-order valence-electron chi connectivity index (χ0n) is 24.2. The number of carbonyl (C=O) groups is 4. The SMILES string of the molecule is CC(C)CNC(=O)[C@H](CC(C)C)NC(=O)Nc1ccc(NC(=O)N[C@@H](CC(C)C)C(=O)NCC(C)C)cc1. The first-order valence-corrected chi connectivity index (χ1v) is 13.6. The van der Waals surface area contributed by atoms with Gasteiger partial charge in [0, 0.05) is 24.5 Å². The average Bonchev–Trinajstić information content (AvgIpc) is 2.80. The van der Waals surface area contributed by atoms with Crippen LogP contribution in [0.15, 0.2) is 24.3 Å². The van der Waals surface area contributed by atoms with E-state index in [4.69, 9.17) is 0 Å². The third-order valence-corrected chi connectivity index (χ3v) is 5.43. The average molecular weight is 533 g/mol. The first-order chi connectivity index (χ1) is 17.8. The van der Waals surface area contributed by atoms with Gasteiger partial charge < -0.3 is 31.9 Å². The second-order valence-electron chi connectivity index (χ2n) is 11.4. The zero-order chi connectivity index (χ0) is 28.8. The molecule has 38 heavy (non-hydrogen) atoms. The fourth-order valence-corrected chi connectivity index (χ4v) is 3.55. The van der Waals surface area contributed by atoms with Gasteiger partial charge in [0.25, 0.3) is 0 Å². The van der Waals surface area contributed by atoms with E-state index in [-0.39, 0.29) is 23.7 Å². The molecular weight excluding hydrogens is 484 g/mol. The lowest BCUT2D eigenvalue weighted by Crippen LogP contribution is -2.49. The number of anilines is 2. The lowest BCUT2D eigenvalue weighted by atomic mass is 10.0. The largest absolute Gasteiger partial charge is 0.354 e. The topological polar surface area (TPSA) is 140 Å². The quantitative estimate of drug-likeness (QED) is 0.212. The highest BCUT2D eigenvalue weighted by Crippen LogP contribution is 2.14. The maximum absolute atomic E-state index is 12.6. The predicted molar refractivity (Wildman–Crippen MR) is 153 cm³/mol. The molecule has 0 saturated heterocycles. The van der Waals surface area contributed by atoms with Crippen molar-refractivity contribution in [2.24, 2.45) is 23.7 Å². The molecule has 10 heteroatoms. The van der Waals surface area contributed by atoms with Gasteiger partial charge in [-0.2, -0.15) is 0 Å². The maximum Gasteiger partial charge on any atom is 0.319 e. The Labute approximate surface area is 227 Å². The van der Waals surface area contributed by atoms with Crippen molar-refractivity contribution in [1.29, 1.82) is 0 Å². The zero-order valence-corrected chi connectivity index (χ0v) is 24.2. The molecule has 1 aromatic rings. The van der Waals surface area contributed by atoms with E-state index in [1.54, 1.807) is 24.3 Å². The summed E-state index contributed by atoms with van der Waals surface area (Å²) in [5.74, 6) is 0.657. The van der Waals surface area contributed by atoms with E-state index in [1.165, 1.54) is 0 Å². The molecule has 1 rings (SSSR count). The number of rotatable bonds is 14. The lowest BCUT2D eigenvalue weighted by molar-refractivity contribution is -0.124. The molecule has 214 valence electrons. The molecule has 0 bridgehead atoms. The molecule has 0 aliphatic carbocycles. The summed E-state index contributed by atoms with van der Waals surface area (Å²) in [5, 5.41) is 16.7. The van der Waals surface area contributed by atoms with Crippen molar-refractivity contribution in [2.75, 3.05) is 23.7 Å². The van der Waals surface area contributed by atoms with Gasteiger partial charge in [-0.1, -0.05) is 55.4 Å². The van der Waals surface area contributed by atoms with Crippen molar-refractivity contribution in [3.8, 4) is 0 Å². The lowest BCUT2D eigenvalue weighted by Gasteiger charge is -2.21. The number of urea groups is 2. The number of hydrogen-bond acceptors (Lipinski definition) is 4. The van der Waals surface area contributed by atoms with E-state index < -0.39 is 24.1 Å². The molecule has 0 aliphatic rings. The van der Waals surface area contributed by atoms with Gasteiger partial charge in [-0.3, -0.25) is 9.59 Å². The van der Waals surface area contributed by atoms with E-state index >= 15 is 0 Å². The van der Waals surface area contributed by atoms with E-state index in [9.17, 15) is 19.2 Å². The molecule has 2 atom stereocenters. The molecule has 0 aliphatic heterocycles. The summed E-state index contributed by atoms with van der Waals surface area (Å²) < 4.78 is 0. The summed E-state index contributed by atoms with van der Waals surface area (Å²) >= 11 is 0. The Hall–Kier alpha value is -3.30. The van der Waals surface area contributed by atoms with Gasteiger partial charge in [0.2, 0.25) is 11.8 Å². The molecule has 0 saturated carbocycles. The second kappa shape index (κ2) is 16.5. The maximum atomic E-state index is 12.6. The van der Waals surface area contributed by atoms with E-state index in [2.05, 4.69) is 31.9 Å². The van der Waals surface area contributed by atoms with Gasteiger partial charge >= 0.3 is 12.1 Å². The standard InChI is InChI=1S/C28H48N6O4/c1-17(2)13-23(25(35)29-15-19(5)6)33-27(37)31-21-9-11-22(12-10-21)32-28(38)34-24(14-18(3)4)26(36)30-16-20(7)8/h9-12,17-20,23-24H,13-16H2,1-8H3,(H,29,35)(H,30,36)(H2,31,33,37)(H2,32,34,38)/t23-,24-/m0/s1. The Kier molecular flexibility index (Phi) is 14.2. The predicted octanol–water partition coefficient (Wildman–Crippen LogP) is 4.30. The van der Waals surface area contributed by atoms with Crippen molar-refractivity contribution >= 4 is 35.3 Å². The van der Waals surface area contributed by atoms with Crippen LogP contribution in [0.1, 0.15) is 68.2 Å². The van der Waals surface area contributed by atoms with Crippen molar-refractivity contribution in [3.05, 3.63) is 24.3 Å². The van der Waals surface area contributed by atoms with Crippen LogP contribution in [-0.2, 0) is 9.59 Å². The van der Waals surface area contributed by atoms with Crippen LogP contribution in [0.4, 0.5) is 21.0 Å². The van der Waals surface area contributed by atoms with Crippen molar-refractivity contribution in [1.82, 2.24) is 21.3 Å². The van der Waals surface area contributed by atoms with Gasteiger partial charge in [-0.25, -0.2) is 9.59 Å². The Morgan fingerprint density at radius 2 is 0.868 bits per heavy atom. The number of benzene rings is 1. The van der Waals surface area contributed by atoms with Crippen molar-refractivity contribution < 1.29 is 19.2 Å². The minimum Gasteiger partial charge on any atom is -0.354 e. The van der Waals surface area contributed by atoms with Crippen LogP contribution in [0, 0.1) is 23.7 Å². The normalized spacial score (nSPS) is 12.7. The number of nitrogens with one attached hydrogen (secondary N) is 6. The monoisotopic (exact) mass is 532 g/mol. The smallest absolute Gasteiger partial charge is 0.319 e. The van der Waals surface area contributed by atoms with Crippen LogP contribution in [0.25, 0.3) is 0 Å². The molecule has 0 heterocycles. The minimum atomic E-state index is -0.644. The fourth-order valence-electron chi connectivity index (χ4n) is 3.55. The Morgan fingerprint density at radius 3 is 1.13 bits per heavy atom. The van der Waals surface area contributed by atoms with Crippen LogP contribution in [0.5, 0.6) is 0 Å². The van der Waals surface area contributed by atoms with E-state index in [1.807, 2.05) is 55.4 Å². The van der Waals surface area contributed by atoms with Gasteiger partial charge in [0.15, 0.2) is 0 Å². The van der Waals surface area contributed by atoms with Gasteiger partial charge in [-0.05, 0) is 60.8 Å². The van der Waals surface area contributed by atoms with Crippen LogP contribution in [0.2, 0.25) is 0 Å². The first-order valence-electron chi connectivity index (χ1n) is 13.6. The molecule has 1 aromatic carbocycles. The van der Waals surface area contributed by atoms with E-state index in [0.29, 0.717) is 49.1 Å². The van der Waals surface area contributed by atoms with Gasteiger partial charge in [0.05, 0.1) is 0 Å². The Bertz CT molecular complexity index is 826. The van der Waals surface area contributed by atoms with Crippen molar-refractivity contribution in [2.45, 2.75) is 80.3 Å². The van der Waals surface area contributed by atoms with Crippen LogP contribution in [-0.4, -0.2) is 49.0 Å². The third kappa shape index (κ3) is 13.9. The molecule has 10 nitrogen and oxygen atoms in total. The molecular formula is C28H48N6O4. The molecule has 0 spiro atoms. The fraction of sp³-hybridized carbons (Fsp3) is 0.643. The molecule has 6 N–H and O–H groups in total. The highest BCUT2D eigenvalue weighted by atomic mass is 16.2. The Balaban J connectivity index is 2.70. The second-order valence-corrected chi connectivity index (χ2v) is 11.4. The van der Waals surface area contributed by atoms with Crippen molar-refractivity contribution in [3.63, 3.8) is 0 Å². The van der Waals surface area contributed by atoms with Crippen LogP contribution < -0.4 is 31.9 Å². The summed E-state index contributed by atoms with van der Waals surface area (Å²) in [5.41, 5.74) is 1.01. The Morgan fingerprint density at radius 1 is 0.553 bits per heavy atom. The summed E-state index contributed by atoms with van der Waals surface area (Å²) in [4.78, 5) is 50.2. The summed E-state index contributed by atoms with van der Waals surface area (Å²) in [7, 11) is 0. The summed E-state index contributed by atoms with van der Waals surface area (Å²) in [6, 6.07) is 4.32. The minimum absolute atomic E-state index is 0.207. The molecule has 0 unspecified atom stereocenters. The highest BCUT2D eigenvalue weighted by molar-refractivity contribution is 5.95. The number of carbonyl (C=O) groups excluding carboxylic acids is 4. The molecule has 0 radical (unpaired) electrons. The molecule has 6 amide bonds. The van der Waals surface area contributed by atoms with Gasteiger partial charge in [-0.15, -0.1) is 0 Å². The molecule has 0 fully saturated rings. The summed E-state index contributed by atoms with van der Waals surface area (Å²) in [6.07, 6.45) is 1.03. The van der Waals surface area contributed by atoms with Crippen LogP contribution >= 0.6 is 0 Å². The van der Waals surface area contributed by atoms with Gasteiger partial charge in [0.1, 0.15) is 12.1 Å². The third-order valence-electron chi connectivity index (χ3n) is 5.43. The first kappa shape index (κ1) is 32.7. The number of hydrogen-bond donors (Lipinski definition) is 6. The number of amides is 6. The highest BCUT2D eigenvalue weighted by Gasteiger charge is 2.23. The van der Waals surface area contributed by atoms with E-state index in [0.717, 1.165) is 0 Å². The summed E-state index contributed by atoms with van der Waals surface area (Å²) in [6.45, 7) is 17.1. The molecule has 0 aromatic heterocycles. The van der Waals surface area contributed by atoms with Crippen LogP contribution in [0.3, 0.4) is 0 Å².